The minimum Gasteiger partial charge on any atom is -0.362 e. The number of anilines is 1. The van der Waals surface area contributed by atoms with E-state index in [1.807, 2.05) is 6.92 Å². The fourth-order valence-corrected chi connectivity index (χ4v) is 11.9. The van der Waals surface area contributed by atoms with E-state index in [1.165, 1.54) is 37.6 Å². The largest absolute Gasteiger partial charge is 0.362 e. The number of hydrogen-bond acceptors (Lipinski definition) is 2. The lowest BCUT2D eigenvalue weighted by atomic mass is 9.79. The third-order valence-electron chi connectivity index (χ3n) is 9.25. The van der Waals surface area contributed by atoms with Crippen molar-refractivity contribution in [3.8, 4) is 0 Å². The number of rotatable bonds is 7. The van der Waals surface area contributed by atoms with Gasteiger partial charge in [0.05, 0.1) is 0 Å². The second-order valence-electron chi connectivity index (χ2n) is 12.4. The van der Waals surface area contributed by atoms with E-state index in [1.54, 1.807) is 0 Å². The second kappa shape index (κ2) is 11.2. The molecule has 0 spiro atoms. The fraction of sp³-hybridized carbons (Fsp3) is 0.205. The van der Waals surface area contributed by atoms with E-state index in [-0.39, 0.29) is 5.54 Å². The van der Waals surface area contributed by atoms with Crippen LogP contribution in [0.5, 0.6) is 0 Å². The number of carbonyl (C=O) groups excluding carboxylic acids is 1. The molecule has 0 saturated carbocycles. The van der Waals surface area contributed by atoms with Crippen LogP contribution in [-0.2, 0) is 6.54 Å². The third kappa shape index (κ3) is 4.82. The maximum absolute atomic E-state index is 11.7. The van der Waals surface area contributed by atoms with Crippen molar-refractivity contribution < 1.29 is 4.79 Å². The van der Waals surface area contributed by atoms with Gasteiger partial charge in [0.1, 0.15) is 6.29 Å². The summed E-state index contributed by atoms with van der Waals surface area (Å²) in [5.74, 6) is 0.405. The van der Waals surface area contributed by atoms with Gasteiger partial charge in [0.15, 0.2) is 8.07 Å². The van der Waals surface area contributed by atoms with Crippen molar-refractivity contribution in [1.29, 1.82) is 0 Å². The van der Waals surface area contributed by atoms with Crippen molar-refractivity contribution in [1.82, 2.24) is 0 Å². The fourth-order valence-electron chi connectivity index (χ4n) is 7.18. The molecule has 0 aromatic heterocycles. The Morgan fingerprint density at radius 2 is 1.21 bits per heavy atom. The molecule has 5 aromatic carbocycles. The highest BCUT2D eigenvalue weighted by molar-refractivity contribution is 7.19. The molecular weight excluding hydrogens is 527 g/mol. The van der Waals surface area contributed by atoms with Crippen LogP contribution in [0.25, 0.3) is 0 Å². The molecule has 0 saturated heterocycles. The molecule has 1 unspecified atom stereocenters. The summed E-state index contributed by atoms with van der Waals surface area (Å²) in [6.07, 6.45) is 2.04. The zero-order valence-corrected chi connectivity index (χ0v) is 26.0. The van der Waals surface area contributed by atoms with Gasteiger partial charge >= 0.3 is 0 Å². The summed E-state index contributed by atoms with van der Waals surface area (Å²) < 4.78 is 0. The maximum Gasteiger partial charge on any atom is 0.179 e. The molecule has 0 radical (unpaired) electrons. The molecule has 2 nitrogen and oxygen atoms in total. The Labute approximate surface area is 251 Å². The highest BCUT2D eigenvalue weighted by atomic mass is 28.3. The molecule has 1 aliphatic heterocycles. The Hall–Kier alpha value is -4.21. The summed E-state index contributed by atoms with van der Waals surface area (Å²) in [7, 11) is -2.53. The van der Waals surface area contributed by atoms with Crippen LogP contribution in [0.15, 0.2) is 127 Å². The van der Waals surface area contributed by atoms with Crippen LogP contribution in [0.4, 0.5) is 5.69 Å². The first kappa shape index (κ1) is 27.9. The van der Waals surface area contributed by atoms with Crippen molar-refractivity contribution in [3.05, 3.63) is 150 Å². The molecule has 1 atom stereocenters. The van der Waals surface area contributed by atoms with E-state index in [0.717, 1.165) is 30.4 Å². The second-order valence-corrected chi connectivity index (χ2v) is 16.2. The van der Waals surface area contributed by atoms with Gasteiger partial charge in [0.2, 0.25) is 0 Å². The number of aldehydes is 1. The first-order valence-electron chi connectivity index (χ1n) is 15.0. The van der Waals surface area contributed by atoms with E-state index in [4.69, 9.17) is 0 Å². The first-order valence-corrected chi connectivity index (χ1v) is 17.0. The Morgan fingerprint density at radius 3 is 1.69 bits per heavy atom. The van der Waals surface area contributed by atoms with Crippen LogP contribution in [0, 0.1) is 6.92 Å². The van der Waals surface area contributed by atoms with Crippen LogP contribution >= 0.6 is 0 Å². The molecule has 3 heteroatoms. The molecule has 42 heavy (non-hydrogen) atoms. The van der Waals surface area contributed by atoms with Gasteiger partial charge in [-0.2, -0.15) is 0 Å². The van der Waals surface area contributed by atoms with Crippen LogP contribution in [0.3, 0.4) is 0 Å². The minimum absolute atomic E-state index is 0.00313. The molecule has 1 aliphatic rings. The van der Waals surface area contributed by atoms with Crippen molar-refractivity contribution >= 4 is 40.8 Å². The molecule has 0 N–H and O–H groups in total. The van der Waals surface area contributed by atoms with Gasteiger partial charge in [-0.3, -0.25) is 4.79 Å². The van der Waals surface area contributed by atoms with Gasteiger partial charge < -0.3 is 4.90 Å². The van der Waals surface area contributed by atoms with E-state index in [2.05, 4.69) is 153 Å². The molecule has 0 bridgehead atoms. The van der Waals surface area contributed by atoms with Gasteiger partial charge in [-0.1, -0.05) is 122 Å². The monoisotopic (exact) mass is 565 g/mol. The third-order valence-corrected chi connectivity index (χ3v) is 14.0. The minimum atomic E-state index is -2.53. The van der Waals surface area contributed by atoms with Crippen LogP contribution in [0.1, 0.15) is 60.2 Å². The number of nitrogens with zero attached hydrogens (tertiary/aromatic N) is 1. The van der Waals surface area contributed by atoms with E-state index < -0.39 is 8.07 Å². The molecule has 1 heterocycles. The van der Waals surface area contributed by atoms with E-state index in [9.17, 15) is 4.79 Å². The maximum atomic E-state index is 11.7. The lowest BCUT2D eigenvalue weighted by Gasteiger charge is -2.48. The van der Waals surface area contributed by atoms with E-state index in [0.29, 0.717) is 5.92 Å². The number of aryl methyl sites for hydroxylation is 1. The number of benzene rings is 5. The van der Waals surface area contributed by atoms with Crippen molar-refractivity contribution in [2.24, 2.45) is 0 Å². The van der Waals surface area contributed by atoms with Crippen molar-refractivity contribution in [2.75, 3.05) is 4.90 Å². The van der Waals surface area contributed by atoms with Crippen LogP contribution < -0.4 is 25.6 Å². The molecule has 0 aliphatic carbocycles. The average Bonchev–Trinajstić information content (AvgIpc) is 3.01. The summed E-state index contributed by atoms with van der Waals surface area (Å²) in [6, 6.07) is 47.0. The zero-order chi connectivity index (χ0) is 29.3. The Kier molecular flexibility index (Phi) is 7.46. The zero-order valence-electron chi connectivity index (χ0n) is 25.0. The summed E-state index contributed by atoms with van der Waals surface area (Å²) in [6.45, 7) is 9.86. The van der Waals surface area contributed by atoms with Gasteiger partial charge in [0.25, 0.3) is 0 Å². The summed E-state index contributed by atoms with van der Waals surface area (Å²) in [4.78, 5) is 14.3. The van der Waals surface area contributed by atoms with Crippen LogP contribution in [0.2, 0.25) is 0 Å². The van der Waals surface area contributed by atoms with Gasteiger partial charge in [-0.25, -0.2) is 0 Å². The Bertz CT molecular complexity index is 1580. The average molecular weight is 566 g/mol. The van der Waals surface area contributed by atoms with Crippen molar-refractivity contribution in [2.45, 2.75) is 52.1 Å². The predicted molar refractivity (Wildman–Crippen MR) is 180 cm³/mol. The van der Waals surface area contributed by atoms with Crippen LogP contribution in [-0.4, -0.2) is 19.9 Å². The highest BCUT2D eigenvalue weighted by Gasteiger charge is 2.41. The molecular formula is C39H39NOSi. The van der Waals surface area contributed by atoms with Gasteiger partial charge in [-0.15, -0.1) is 0 Å². The Morgan fingerprint density at radius 1 is 0.738 bits per heavy atom. The summed E-state index contributed by atoms with van der Waals surface area (Å²) in [5, 5.41) is 5.54. The number of carbonyl (C=O) groups is 1. The van der Waals surface area contributed by atoms with E-state index >= 15 is 0 Å². The molecule has 0 fully saturated rings. The molecule has 5 aromatic rings. The number of hydrogen-bond donors (Lipinski definition) is 0. The Balaban J connectivity index is 1.46. The quantitative estimate of drug-likeness (QED) is 0.128. The first-order chi connectivity index (χ1) is 20.3. The molecule has 210 valence electrons. The summed E-state index contributed by atoms with van der Waals surface area (Å²) in [5.41, 5.74) is 5.67. The highest BCUT2D eigenvalue weighted by Crippen LogP contribution is 2.45. The lowest BCUT2D eigenvalue weighted by Crippen LogP contribution is -2.74. The SMILES string of the molecule is Cc1cc2c(cc1C=O)C(C)CC(C)(C)N2Cc1ccc([Si](c2ccccc2)(c2ccccc2)c2ccccc2)cc1. The summed E-state index contributed by atoms with van der Waals surface area (Å²) >= 11 is 0. The van der Waals surface area contributed by atoms with Gasteiger partial charge in [-0.05, 0) is 82.7 Å². The standard InChI is InChI=1S/C39H39NOSi/c1-29-24-38-37(25-32(29)28-41)30(2)26-39(3,4)40(38)27-31-20-22-36(23-21-31)42(33-14-8-5-9-15-33,34-16-10-6-11-17-34)35-18-12-7-13-19-35/h5-25,28,30H,26-27H2,1-4H3. The predicted octanol–water partition coefficient (Wildman–Crippen LogP) is 6.48. The number of fused-ring (bicyclic) bond motifs is 1. The normalized spacial score (nSPS) is 16.1. The van der Waals surface area contributed by atoms with Gasteiger partial charge in [0, 0.05) is 23.3 Å². The topological polar surface area (TPSA) is 20.3 Å². The van der Waals surface area contributed by atoms with Crippen molar-refractivity contribution in [3.63, 3.8) is 0 Å². The lowest BCUT2D eigenvalue weighted by molar-refractivity contribution is 0.112. The molecule has 6 rings (SSSR count). The smallest absolute Gasteiger partial charge is 0.179 e. The molecule has 0 amide bonds.